The molecule has 0 saturated carbocycles. The lowest BCUT2D eigenvalue weighted by Crippen LogP contribution is -2.15. The van der Waals surface area contributed by atoms with Gasteiger partial charge in [0.15, 0.2) is 0 Å². The van der Waals surface area contributed by atoms with Crippen LogP contribution in [0, 0.1) is 0 Å². The zero-order chi connectivity index (χ0) is 14.8. The number of aromatic hydroxyl groups is 1. The van der Waals surface area contributed by atoms with Gasteiger partial charge in [-0.1, -0.05) is 23.2 Å². The second-order valence-electron chi connectivity index (χ2n) is 4.38. The molecule has 0 radical (unpaired) electrons. The first-order valence-corrected chi connectivity index (χ1v) is 7.35. The van der Waals surface area contributed by atoms with Crippen LogP contribution in [0.25, 0.3) is 0 Å². The number of hydrogen-bond acceptors (Lipinski definition) is 4. The van der Waals surface area contributed by atoms with Gasteiger partial charge in [-0.15, -0.1) is 0 Å². The standard InChI is InChI=1S/C14H21Cl2NO3/c1-19-6-7-20-5-3-2-4-17-10-11-8-12(15)9-13(16)14(11)18/h8-9,17-18H,2-7,10H2,1H3. The fourth-order valence-corrected chi connectivity index (χ4v) is 2.21. The molecule has 0 aliphatic carbocycles. The van der Waals surface area contributed by atoms with Crippen molar-refractivity contribution in [3.63, 3.8) is 0 Å². The fourth-order valence-electron chi connectivity index (χ4n) is 1.68. The molecule has 0 unspecified atom stereocenters. The second-order valence-corrected chi connectivity index (χ2v) is 5.23. The van der Waals surface area contributed by atoms with E-state index in [-0.39, 0.29) is 10.8 Å². The Hall–Kier alpha value is -0.520. The molecule has 0 fully saturated rings. The molecule has 1 rings (SSSR count). The zero-order valence-corrected chi connectivity index (χ0v) is 13.1. The molecular formula is C14H21Cl2NO3. The lowest BCUT2D eigenvalue weighted by Gasteiger charge is -2.09. The van der Waals surface area contributed by atoms with E-state index in [0.717, 1.165) is 26.0 Å². The predicted octanol–water partition coefficient (Wildman–Crippen LogP) is 3.23. The number of hydrogen-bond donors (Lipinski definition) is 2. The highest BCUT2D eigenvalue weighted by Crippen LogP contribution is 2.30. The quantitative estimate of drug-likeness (QED) is 0.650. The van der Waals surface area contributed by atoms with E-state index in [1.807, 2.05) is 0 Å². The van der Waals surface area contributed by atoms with Crippen LogP contribution in [-0.4, -0.2) is 38.6 Å². The average molecular weight is 322 g/mol. The highest BCUT2D eigenvalue weighted by Gasteiger charge is 2.07. The third kappa shape index (κ3) is 6.77. The van der Waals surface area contributed by atoms with Crippen molar-refractivity contribution in [2.24, 2.45) is 0 Å². The van der Waals surface area contributed by atoms with Crippen LogP contribution in [0.5, 0.6) is 5.75 Å². The van der Waals surface area contributed by atoms with Crippen LogP contribution < -0.4 is 5.32 Å². The number of phenolic OH excluding ortho intramolecular Hbond substituents is 1. The topological polar surface area (TPSA) is 50.7 Å². The minimum Gasteiger partial charge on any atom is -0.506 e. The van der Waals surface area contributed by atoms with Crippen molar-refractivity contribution in [3.05, 3.63) is 27.7 Å². The Labute approximate surface area is 130 Å². The van der Waals surface area contributed by atoms with Gasteiger partial charge in [0.05, 0.1) is 18.2 Å². The molecule has 0 aliphatic heterocycles. The summed E-state index contributed by atoms with van der Waals surface area (Å²) in [5.74, 6) is 0.0893. The van der Waals surface area contributed by atoms with E-state index in [2.05, 4.69) is 5.32 Å². The van der Waals surface area contributed by atoms with Crippen molar-refractivity contribution in [1.29, 1.82) is 0 Å². The van der Waals surface area contributed by atoms with Gasteiger partial charge in [-0.25, -0.2) is 0 Å². The van der Waals surface area contributed by atoms with Crippen molar-refractivity contribution in [3.8, 4) is 5.75 Å². The van der Waals surface area contributed by atoms with Gasteiger partial charge < -0.3 is 19.9 Å². The molecule has 1 aromatic carbocycles. The summed E-state index contributed by atoms with van der Waals surface area (Å²) < 4.78 is 10.2. The third-order valence-electron chi connectivity index (χ3n) is 2.75. The summed E-state index contributed by atoms with van der Waals surface area (Å²) in [6, 6.07) is 3.24. The fraction of sp³-hybridized carbons (Fsp3) is 0.571. The monoisotopic (exact) mass is 321 g/mol. The molecule has 0 aliphatic rings. The van der Waals surface area contributed by atoms with Crippen LogP contribution in [-0.2, 0) is 16.0 Å². The molecule has 20 heavy (non-hydrogen) atoms. The number of phenols is 1. The molecule has 1 aromatic rings. The van der Waals surface area contributed by atoms with Crippen molar-refractivity contribution >= 4 is 23.2 Å². The van der Waals surface area contributed by atoms with E-state index in [9.17, 15) is 5.11 Å². The summed E-state index contributed by atoms with van der Waals surface area (Å²) in [4.78, 5) is 0. The van der Waals surface area contributed by atoms with Crippen molar-refractivity contribution in [1.82, 2.24) is 5.32 Å². The Morgan fingerprint density at radius 2 is 1.95 bits per heavy atom. The van der Waals surface area contributed by atoms with E-state index >= 15 is 0 Å². The van der Waals surface area contributed by atoms with Crippen LogP contribution in [0.4, 0.5) is 0 Å². The average Bonchev–Trinajstić information content (AvgIpc) is 2.42. The molecule has 114 valence electrons. The van der Waals surface area contributed by atoms with Crippen LogP contribution in [0.2, 0.25) is 10.0 Å². The maximum atomic E-state index is 9.78. The SMILES string of the molecule is COCCOCCCCNCc1cc(Cl)cc(Cl)c1O. The van der Waals surface area contributed by atoms with Gasteiger partial charge in [-0.05, 0) is 31.5 Å². The zero-order valence-electron chi connectivity index (χ0n) is 11.6. The van der Waals surface area contributed by atoms with Gasteiger partial charge in [0.2, 0.25) is 0 Å². The maximum Gasteiger partial charge on any atom is 0.138 e. The molecule has 0 saturated heterocycles. The number of methoxy groups -OCH3 is 1. The number of rotatable bonds is 10. The number of ether oxygens (including phenoxy) is 2. The summed E-state index contributed by atoms with van der Waals surface area (Å²) in [6.07, 6.45) is 1.99. The van der Waals surface area contributed by atoms with E-state index < -0.39 is 0 Å². The van der Waals surface area contributed by atoms with Crippen LogP contribution in [0.15, 0.2) is 12.1 Å². The lowest BCUT2D eigenvalue weighted by atomic mass is 10.2. The summed E-state index contributed by atoms with van der Waals surface area (Å²) in [7, 11) is 1.66. The van der Waals surface area contributed by atoms with Crippen molar-refractivity contribution < 1.29 is 14.6 Å². The first kappa shape index (κ1) is 17.5. The second kappa shape index (κ2) is 10.2. The van der Waals surface area contributed by atoms with Gasteiger partial charge in [0.25, 0.3) is 0 Å². The molecule has 4 nitrogen and oxygen atoms in total. The summed E-state index contributed by atoms with van der Waals surface area (Å²) in [6.45, 7) is 3.39. The number of nitrogens with one attached hydrogen (secondary N) is 1. The van der Waals surface area contributed by atoms with Crippen LogP contribution in [0.3, 0.4) is 0 Å². The summed E-state index contributed by atoms with van der Waals surface area (Å²) in [5, 5.41) is 13.8. The number of benzene rings is 1. The Morgan fingerprint density at radius 1 is 1.15 bits per heavy atom. The van der Waals surface area contributed by atoms with E-state index in [4.69, 9.17) is 32.7 Å². The normalized spacial score (nSPS) is 10.9. The van der Waals surface area contributed by atoms with E-state index in [0.29, 0.717) is 30.3 Å². The molecule has 0 bridgehead atoms. The summed E-state index contributed by atoms with van der Waals surface area (Å²) in [5.41, 5.74) is 0.707. The molecule has 0 spiro atoms. The van der Waals surface area contributed by atoms with Gasteiger partial charge in [-0.3, -0.25) is 0 Å². The lowest BCUT2D eigenvalue weighted by molar-refractivity contribution is 0.0688. The van der Waals surface area contributed by atoms with Gasteiger partial charge in [0, 0.05) is 30.8 Å². The Balaban J connectivity index is 2.13. The number of unbranched alkanes of at least 4 members (excludes halogenated alkanes) is 1. The largest absolute Gasteiger partial charge is 0.506 e. The molecule has 0 heterocycles. The predicted molar refractivity (Wildman–Crippen MR) is 81.8 cm³/mol. The Bertz CT molecular complexity index is 402. The maximum absolute atomic E-state index is 9.78. The molecule has 0 amide bonds. The molecule has 0 aromatic heterocycles. The molecule has 6 heteroatoms. The van der Waals surface area contributed by atoms with Crippen LogP contribution >= 0.6 is 23.2 Å². The highest BCUT2D eigenvalue weighted by molar-refractivity contribution is 6.35. The first-order chi connectivity index (χ1) is 9.65. The van der Waals surface area contributed by atoms with Crippen molar-refractivity contribution in [2.75, 3.05) is 33.5 Å². The summed E-state index contributed by atoms with van der Waals surface area (Å²) >= 11 is 11.7. The van der Waals surface area contributed by atoms with E-state index in [1.54, 1.807) is 13.2 Å². The minimum atomic E-state index is 0.0893. The Morgan fingerprint density at radius 3 is 2.70 bits per heavy atom. The smallest absolute Gasteiger partial charge is 0.138 e. The van der Waals surface area contributed by atoms with E-state index in [1.165, 1.54) is 6.07 Å². The number of halogens is 2. The minimum absolute atomic E-state index is 0.0893. The molecular weight excluding hydrogens is 301 g/mol. The Kier molecular flexibility index (Phi) is 8.98. The molecule has 2 N–H and O–H groups in total. The highest BCUT2D eigenvalue weighted by atomic mass is 35.5. The van der Waals surface area contributed by atoms with Crippen LogP contribution in [0.1, 0.15) is 18.4 Å². The molecule has 0 atom stereocenters. The van der Waals surface area contributed by atoms with Gasteiger partial charge >= 0.3 is 0 Å². The van der Waals surface area contributed by atoms with Gasteiger partial charge in [0.1, 0.15) is 5.75 Å². The first-order valence-electron chi connectivity index (χ1n) is 6.59. The van der Waals surface area contributed by atoms with Crippen molar-refractivity contribution in [2.45, 2.75) is 19.4 Å². The van der Waals surface area contributed by atoms with Gasteiger partial charge in [-0.2, -0.15) is 0 Å². The third-order valence-corrected chi connectivity index (χ3v) is 3.25.